The maximum Gasteiger partial charge on any atom is 0.250 e. The molecule has 5 N–H and O–H groups in total. The smallest absolute Gasteiger partial charge is 0.250 e. The molecule has 2 heterocycles. The minimum Gasteiger partial charge on any atom is -0.384 e. The Bertz CT molecular complexity index is 592. The first-order valence-electron chi connectivity index (χ1n) is 5.83. The molecule has 0 saturated carbocycles. The number of aryl methyl sites for hydroxylation is 1. The van der Waals surface area contributed by atoms with Gasteiger partial charge in [0.2, 0.25) is 0 Å². The molecule has 1 amide bonds. The van der Waals surface area contributed by atoms with Gasteiger partial charge < -0.3 is 16.8 Å². The summed E-state index contributed by atoms with van der Waals surface area (Å²) >= 11 is 0. The first kappa shape index (κ1) is 12.9. The third-order valence-electron chi connectivity index (χ3n) is 2.68. The third-order valence-corrected chi connectivity index (χ3v) is 2.68. The molecule has 0 aliphatic rings. The van der Waals surface area contributed by atoms with Crippen molar-refractivity contribution < 1.29 is 4.79 Å². The molecule has 0 unspecified atom stereocenters. The average Bonchev–Trinajstić information content (AvgIpc) is 2.77. The van der Waals surface area contributed by atoms with Crippen LogP contribution in [0.3, 0.4) is 0 Å². The van der Waals surface area contributed by atoms with Gasteiger partial charge in [-0.2, -0.15) is 5.10 Å². The van der Waals surface area contributed by atoms with Crippen molar-refractivity contribution in [2.45, 2.75) is 6.42 Å². The van der Waals surface area contributed by atoms with Crippen LogP contribution >= 0.6 is 0 Å². The molecule has 0 atom stereocenters. The maximum absolute atomic E-state index is 11.3. The number of amides is 1. The second kappa shape index (κ2) is 5.38. The highest BCUT2D eigenvalue weighted by atomic mass is 16.1. The van der Waals surface area contributed by atoms with E-state index >= 15 is 0 Å². The number of rotatable bonds is 5. The van der Waals surface area contributed by atoms with E-state index in [1.165, 1.54) is 12.3 Å². The Morgan fingerprint density at radius 3 is 2.89 bits per heavy atom. The minimum atomic E-state index is -0.530. The van der Waals surface area contributed by atoms with E-state index in [-0.39, 0.29) is 5.82 Å². The van der Waals surface area contributed by atoms with E-state index in [1.54, 1.807) is 10.9 Å². The molecule has 0 radical (unpaired) electrons. The summed E-state index contributed by atoms with van der Waals surface area (Å²) in [7, 11) is 1.87. The van der Waals surface area contributed by atoms with E-state index in [2.05, 4.69) is 15.4 Å². The van der Waals surface area contributed by atoms with Crippen molar-refractivity contribution in [2.75, 3.05) is 17.6 Å². The molecule has 0 aliphatic heterocycles. The summed E-state index contributed by atoms with van der Waals surface area (Å²) in [4.78, 5) is 15.2. The zero-order chi connectivity index (χ0) is 13.8. The summed E-state index contributed by atoms with van der Waals surface area (Å²) in [6.45, 7) is 0.650. The monoisotopic (exact) mass is 260 g/mol. The number of primary amides is 1. The number of aromatic nitrogens is 3. The van der Waals surface area contributed by atoms with Crippen molar-refractivity contribution in [2.24, 2.45) is 12.8 Å². The SMILES string of the molecule is Cn1cc(CCNc2cnc(N)cc2C(N)=O)cn1. The third kappa shape index (κ3) is 3.21. The van der Waals surface area contributed by atoms with Crippen LogP contribution < -0.4 is 16.8 Å². The Morgan fingerprint density at radius 2 is 2.26 bits per heavy atom. The van der Waals surface area contributed by atoms with Crippen LogP contribution in [0.2, 0.25) is 0 Å². The molecule has 0 bridgehead atoms. The summed E-state index contributed by atoms with van der Waals surface area (Å²) in [6, 6.07) is 1.47. The van der Waals surface area contributed by atoms with Crippen molar-refractivity contribution in [3.8, 4) is 0 Å². The van der Waals surface area contributed by atoms with E-state index in [0.29, 0.717) is 17.8 Å². The Balaban J connectivity index is 2.01. The predicted molar refractivity (Wildman–Crippen MR) is 72.6 cm³/mol. The topological polar surface area (TPSA) is 112 Å². The molecule has 2 rings (SSSR count). The molecule has 7 heteroatoms. The maximum atomic E-state index is 11.3. The van der Waals surface area contributed by atoms with E-state index in [1.807, 2.05) is 13.2 Å². The minimum absolute atomic E-state index is 0.270. The number of anilines is 2. The van der Waals surface area contributed by atoms with Gasteiger partial charge in [0, 0.05) is 19.8 Å². The lowest BCUT2D eigenvalue weighted by Crippen LogP contribution is -2.16. The van der Waals surface area contributed by atoms with E-state index < -0.39 is 5.91 Å². The van der Waals surface area contributed by atoms with Gasteiger partial charge in [0.1, 0.15) is 5.82 Å². The lowest BCUT2D eigenvalue weighted by Gasteiger charge is -2.09. The Kier molecular flexibility index (Phi) is 3.65. The summed E-state index contributed by atoms with van der Waals surface area (Å²) in [5.41, 5.74) is 12.9. The van der Waals surface area contributed by atoms with Gasteiger partial charge in [-0.05, 0) is 18.1 Å². The molecule has 7 nitrogen and oxygen atoms in total. The van der Waals surface area contributed by atoms with Gasteiger partial charge >= 0.3 is 0 Å². The number of carbonyl (C=O) groups excluding carboxylic acids is 1. The number of nitrogen functional groups attached to an aromatic ring is 1. The average molecular weight is 260 g/mol. The predicted octanol–water partition coefficient (Wildman–Crippen LogP) is 0.151. The lowest BCUT2D eigenvalue weighted by molar-refractivity contribution is 0.100. The molecule has 0 spiro atoms. The quantitative estimate of drug-likeness (QED) is 0.708. The van der Waals surface area contributed by atoms with Crippen molar-refractivity contribution >= 4 is 17.4 Å². The Labute approximate surface area is 110 Å². The van der Waals surface area contributed by atoms with E-state index in [0.717, 1.165) is 12.0 Å². The summed E-state index contributed by atoms with van der Waals surface area (Å²) in [5, 5.41) is 7.21. The van der Waals surface area contributed by atoms with Crippen LogP contribution in [0, 0.1) is 0 Å². The molecule has 0 saturated heterocycles. The Hall–Kier alpha value is -2.57. The van der Waals surface area contributed by atoms with Gasteiger partial charge in [0.25, 0.3) is 5.91 Å². The molecule has 2 aromatic heterocycles. The van der Waals surface area contributed by atoms with Gasteiger partial charge in [-0.15, -0.1) is 0 Å². The van der Waals surface area contributed by atoms with Crippen LogP contribution in [0.15, 0.2) is 24.7 Å². The first-order valence-corrected chi connectivity index (χ1v) is 5.83. The van der Waals surface area contributed by atoms with Gasteiger partial charge in [-0.3, -0.25) is 9.48 Å². The zero-order valence-electron chi connectivity index (χ0n) is 10.6. The number of nitrogens with zero attached hydrogens (tertiary/aromatic N) is 3. The summed E-state index contributed by atoms with van der Waals surface area (Å²) in [5.74, 6) is -0.260. The fourth-order valence-corrected chi connectivity index (χ4v) is 1.76. The number of nitrogens with two attached hydrogens (primary N) is 2. The zero-order valence-corrected chi connectivity index (χ0v) is 10.6. The van der Waals surface area contributed by atoms with Crippen molar-refractivity contribution in [3.63, 3.8) is 0 Å². The number of hydrogen-bond donors (Lipinski definition) is 3. The van der Waals surface area contributed by atoms with Crippen LogP contribution in [-0.2, 0) is 13.5 Å². The molecular weight excluding hydrogens is 244 g/mol. The van der Waals surface area contributed by atoms with Gasteiger partial charge in [-0.1, -0.05) is 0 Å². The molecule has 0 aliphatic carbocycles. The molecule has 2 aromatic rings. The number of carbonyl (C=O) groups is 1. The number of hydrogen-bond acceptors (Lipinski definition) is 5. The van der Waals surface area contributed by atoms with Crippen molar-refractivity contribution in [1.29, 1.82) is 0 Å². The normalized spacial score (nSPS) is 10.4. The fourth-order valence-electron chi connectivity index (χ4n) is 1.76. The molecule has 0 fully saturated rings. The van der Waals surface area contributed by atoms with E-state index in [4.69, 9.17) is 11.5 Å². The van der Waals surface area contributed by atoms with Gasteiger partial charge in [-0.25, -0.2) is 4.98 Å². The lowest BCUT2D eigenvalue weighted by atomic mass is 10.2. The van der Waals surface area contributed by atoms with Crippen LogP contribution in [0.25, 0.3) is 0 Å². The fraction of sp³-hybridized carbons (Fsp3) is 0.250. The van der Waals surface area contributed by atoms with Crippen molar-refractivity contribution in [3.05, 3.63) is 35.8 Å². The Morgan fingerprint density at radius 1 is 1.47 bits per heavy atom. The molecule has 19 heavy (non-hydrogen) atoms. The summed E-state index contributed by atoms with van der Waals surface area (Å²) < 4.78 is 1.74. The summed E-state index contributed by atoms with van der Waals surface area (Å²) in [6.07, 6.45) is 6.05. The highest BCUT2D eigenvalue weighted by molar-refractivity contribution is 5.98. The highest BCUT2D eigenvalue weighted by Gasteiger charge is 2.09. The van der Waals surface area contributed by atoms with Gasteiger partial charge in [0.15, 0.2) is 0 Å². The highest BCUT2D eigenvalue weighted by Crippen LogP contribution is 2.15. The van der Waals surface area contributed by atoms with Gasteiger partial charge in [0.05, 0.1) is 23.6 Å². The number of nitrogens with one attached hydrogen (secondary N) is 1. The van der Waals surface area contributed by atoms with Crippen LogP contribution in [0.5, 0.6) is 0 Å². The van der Waals surface area contributed by atoms with Crippen LogP contribution in [0.4, 0.5) is 11.5 Å². The standard InChI is InChI=1S/C12H16N6O/c1-18-7-8(5-17-18)2-3-15-10-6-16-11(13)4-9(10)12(14)19/h4-7,15H,2-3H2,1H3,(H2,13,16)(H2,14,19). The molecule has 0 aromatic carbocycles. The second-order valence-corrected chi connectivity index (χ2v) is 4.22. The molecule has 100 valence electrons. The van der Waals surface area contributed by atoms with Crippen molar-refractivity contribution in [1.82, 2.24) is 14.8 Å². The largest absolute Gasteiger partial charge is 0.384 e. The van der Waals surface area contributed by atoms with E-state index in [9.17, 15) is 4.79 Å². The van der Waals surface area contributed by atoms with Crippen LogP contribution in [-0.4, -0.2) is 27.2 Å². The molecular formula is C12H16N6O. The number of pyridine rings is 1. The van der Waals surface area contributed by atoms with Crippen LogP contribution in [0.1, 0.15) is 15.9 Å². The first-order chi connectivity index (χ1) is 9.06. The second-order valence-electron chi connectivity index (χ2n) is 4.22.